The van der Waals surface area contributed by atoms with Crippen molar-refractivity contribution in [2.45, 2.75) is 44.8 Å². The maximum Gasteiger partial charge on any atom is 0.424 e. The number of nitrogens with one attached hydrogen (secondary N) is 1. The molecule has 9 heteroatoms. The van der Waals surface area contributed by atoms with Crippen LogP contribution in [-0.2, 0) is 26.1 Å². The van der Waals surface area contributed by atoms with Crippen molar-refractivity contribution in [3.63, 3.8) is 0 Å². The topological polar surface area (TPSA) is 102 Å². The smallest absolute Gasteiger partial charge is 0.424 e. The third-order valence-corrected chi connectivity index (χ3v) is 5.78. The van der Waals surface area contributed by atoms with Crippen LogP contribution in [0.3, 0.4) is 0 Å². The van der Waals surface area contributed by atoms with Gasteiger partial charge >= 0.3 is 12.2 Å². The summed E-state index contributed by atoms with van der Waals surface area (Å²) in [5.74, 6) is 0. The molecule has 2 rings (SSSR count). The summed E-state index contributed by atoms with van der Waals surface area (Å²) in [6.07, 6.45) is -1.74. The number of aryl methyl sites for hydroxylation is 1. The number of ether oxygens (including phenoxy) is 2. The molecule has 0 spiro atoms. The van der Waals surface area contributed by atoms with E-state index in [2.05, 4.69) is 5.32 Å². The molecule has 1 N–H and O–H groups in total. The normalized spacial score (nSPS) is 11.5. The molecule has 0 atom stereocenters. The Morgan fingerprint density at radius 2 is 1.61 bits per heavy atom. The summed E-state index contributed by atoms with van der Waals surface area (Å²) in [6, 6.07) is 15.2. The summed E-state index contributed by atoms with van der Waals surface area (Å²) < 4.78 is 37.0. The van der Waals surface area contributed by atoms with Crippen molar-refractivity contribution < 1.29 is 27.5 Å². The fraction of sp³-hybridized carbons (Fsp3) is 0.364. The van der Waals surface area contributed by atoms with Gasteiger partial charge in [0.05, 0.1) is 11.4 Å². The lowest BCUT2D eigenvalue weighted by Gasteiger charge is -2.27. The Bertz CT molecular complexity index is 983. The Labute approximate surface area is 183 Å². The molecule has 0 aliphatic heterocycles. The molecule has 0 radical (unpaired) electrons. The Morgan fingerprint density at radius 1 is 1.00 bits per heavy atom. The number of nitrogens with zero attached hydrogens (tertiary/aromatic N) is 1. The zero-order chi connectivity index (χ0) is 23.1. The Kier molecular flexibility index (Phi) is 8.04. The molecule has 0 aliphatic rings. The van der Waals surface area contributed by atoms with Crippen LogP contribution < -0.4 is 5.32 Å². The molecule has 168 valence electrons. The SMILES string of the molecule is Cc1ccc(S(=O)(=O)N(CCNC(=O)OCc2ccccc2)C(=O)OC(C)(C)C)cc1. The predicted molar refractivity (Wildman–Crippen MR) is 116 cm³/mol. The second-order valence-corrected chi connectivity index (χ2v) is 9.72. The molecule has 0 saturated carbocycles. The fourth-order valence-electron chi connectivity index (χ4n) is 2.49. The van der Waals surface area contributed by atoms with Gasteiger partial charge in [-0.2, -0.15) is 4.31 Å². The first-order valence-electron chi connectivity index (χ1n) is 9.76. The van der Waals surface area contributed by atoms with Gasteiger partial charge in [-0.05, 0) is 45.4 Å². The van der Waals surface area contributed by atoms with Gasteiger partial charge in [0.2, 0.25) is 0 Å². The number of benzene rings is 2. The fourth-order valence-corrected chi connectivity index (χ4v) is 3.79. The first kappa shape index (κ1) is 24.2. The maximum atomic E-state index is 13.0. The van der Waals surface area contributed by atoms with E-state index < -0.39 is 27.8 Å². The van der Waals surface area contributed by atoms with Crippen LogP contribution in [0.15, 0.2) is 59.5 Å². The molecule has 2 amide bonds. The molecule has 0 aliphatic carbocycles. The highest BCUT2D eigenvalue weighted by Crippen LogP contribution is 2.19. The van der Waals surface area contributed by atoms with Crippen LogP contribution in [0, 0.1) is 6.92 Å². The van der Waals surface area contributed by atoms with Crippen molar-refractivity contribution in [3.05, 3.63) is 65.7 Å². The first-order chi connectivity index (χ1) is 14.5. The van der Waals surface area contributed by atoms with E-state index in [-0.39, 0.29) is 24.6 Å². The molecular weight excluding hydrogens is 420 g/mol. The van der Waals surface area contributed by atoms with Gasteiger partial charge in [0.25, 0.3) is 10.0 Å². The van der Waals surface area contributed by atoms with Gasteiger partial charge in [-0.1, -0.05) is 48.0 Å². The largest absolute Gasteiger partial charge is 0.445 e. The van der Waals surface area contributed by atoms with Crippen LogP contribution >= 0.6 is 0 Å². The average Bonchev–Trinajstić information content (AvgIpc) is 2.69. The van der Waals surface area contributed by atoms with Crippen molar-refractivity contribution in [3.8, 4) is 0 Å². The number of hydrogen-bond donors (Lipinski definition) is 1. The molecule has 2 aromatic rings. The summed E-state index contributed by atoms with van der Waals surface area (Å²) in [4.78, 5) is 24.5. The standard InChI is InChI=1S/C22H28N2O6S/c1-17-10-12-19(13-11-17)31(27,28)24(21(26)30-22(2,3)4)15-14-23-20(25)29-16-18-8-6-5-7-9-18/h5-13H,14-16H2,1-4H3,(H,23,25). The van der Waals surface area contributed by atoms with E-state index in [0.29, 0.717) is 4.31 Å². The van der Waals surface area contributed by atoms with E-state index >= 15 is 0 Å². The quantitative estimate of drug-likeness (QED) is 0.690. The highest BCUT2D eigenvalue weighted by Gasteiger charge is 2.33. The number of carbonyl (C=O) groups is 2. The number of rotatable bonds is 7. The third kappa shape index (κ3) is 7.60. The zero-order valence-electron chi connectivity index (χ0n) is 18.1. The van der Waals surface area contributed by atoms with E-state index in [1.807, 2.05) is 37.3 Å². The molecule has 0 unspecified atom stereocenters. The van der Waals surface area contributed by atoms with Crippen LogP contribution in [0.2, 0.25) is 0 Å². The summed E-state index contributed by atoms with van der Waals surface area (Å²) in [6.45, 7) is 6.36. The number of hydrogen-bond acceptors (Lipinski definition) is 6. The van der Waals surface area contributed by atoms with E-state index in [0.717, 1.165) is 11.1 Å². The molecule has 0 bridgehead atoms. The highest BCUT2D eigenvalue weighted by atomic mass is 32.2. The molecule has 31 heavy (non-hydrogen) atoms. The molecule has 0 aromatic heterocycles. The molecular formula is C22H28N2O6S. The Hall–Kier alpha value is -3.07. The lowest BCUT2D eigenvalue weighted by atomic mass is 10.2. The van der Waals surface area contributed by atoms with Crippen molar-refractivity contribution in [2.75, 3.05) is 13.1 Å². The second kappa shape index (κ2) is 10.3. The van der Waals surface area contributed by atoms with Crippen molar-refractivity contribution in [2.24, 2.45) is 0 Å². The summed E-state index contributed by atoms with van der Waals surface area (Å²) in [5.41, 5.74) is 0.806. The van der Waals surface area contributed by atoms with Crippen LogP contribution in [0.4, 0.5) is 9.59 Å². The van der Waals surface area contributed by atoms with Gasteiger partial charge in [-0.15, -0.1) is 0 Å². The third-order valence-electron chi connectivity index (χ3n) is 4.00. The zero-order valence-corrected chi connectivity index (χ0v) is 18.9. The number of carbonyl (C=O) groups excluding carboxylic acids is 2. The van der Waals surface area contributed by atoms with Crippen LogP contribution in [0.1, 0.15) is 31.9 Å². The number of amides is 2. The van der Waals surface area contributed by atoms with Gasteiger partial charge in [0.1, 0.15) is 12.2 Å². The van der Waals surface area contributed by atoms with E-state index in [1.54, 1.807) is 32.9 Å². The number of sulfonamides is 1. The van der Waals surface area contributed by atoms with Gasteiger partial charge in [-0.25, -0.2) is 18.0 Å². The Balaban J connectivity index is 2.05. The molecule has 8 nitrogen and oxygen atoms in total. The molecule has 2 aromatic carbocycles. The molecule has 0 heterocycles. The number of alkyl carbamates (subject to hydrolysis) is 1. The second-order valence-electron chi connectivity index (χ2n) is 7.86. The lowest BCUT2D eigenvalue weighted by molar-refractivity contribution is 0.0390. The summed E-state index contributed by atoms with van der Waals surface area (Å²) in [5, 5.41) is 2.46. The van der Waals surface area contributed by atoms with Crippen molar-refractivity contribution >= 4 is 22.2 Å². The first-order valence-corrected chi connectivity index (χ1v) is 11.2. The van der Waals surface area contributed by atoms with E-state index in [4.69, 9.17) is 9.47 Å². The average molecular weight is 449 g/mol. The minimum absolute atomic E-state index is 0.0457. The monoisotopic (exact) mass is 448 g/mol. The minimum Gasteiger partial charge on any atom is -0.445 e. The van der Waals surface area contributed by atoms with Gasteiger partial charge in [0.15, 0.2) is 0 Å². The Morgan fingerprint density at radius 3 is 2.19 bits per heavy atom. The van der Waals surface area contributed by atoms with Crippen molar-refractivity contribution in [1.82, 2.24) is 9.62 Å². The predicted octanol–water partition coefficient (Wildman–Crippen LogP) is 3.85. The maximum absolute atomic E-state index is 13.0. The van der Waals surface area contributed by atoms with E-state index in [1.165, 1.54) is 12.1 Å². The van der Waals surface area contributed by atoms with Crippen molar-refractivity contribution in [1.29, 1.82) is 0 Å². The van der Waals surface area contributed by atoms with Gasteiger partial charge in [0, 0.05) is 6.54 Å². The van der Waals surface area contributed by atoms with E-state index in [9.17, 15) is 18.0 Å². The lowest BCUT2D eigenvalue weighted by Crippen LogP contribution is -2.44. The van der Waals surface area contributed by atoms with Gasteiger partial charge < -0.3 is 14.8 Å². The summed E-state index contributed by atoms with van der Waals surface area (Å²) >= 11 is 0. The van der Waals surface area contributed by atoms with Crippen LogP contribution in [0.5, 0.6) is 0 Å². The van der Waals surface area contributed by atoms with Crippen LogP contribution in [0.25, 0.3) is 0 Å². The minimum atomic E-state index is -4.18. The van der Waals surface area contributed by atoms with Crippen LogP contribution in [-0.4, -0.2) is 43.6 Å². The molecule has 0 fully saturated rings. The summed E-state index contributed by atoms with van der Waals surface area (Å²) in [7, 11) is -4.18. The van der Waals surface area contributed by atoms with Gasteiger partial charge in [-0.3, -0.25) is 0 Å². The highest BCUT2D eigenvalue weighted by molar-refractivity contribution is 7.89. The molecule has 0 saturated heterocycles.